The van der Waals surface area contributed by atoms with E-state index in [9.17, 15) is 17.6 Å². The van der Waals surface area contributed by atoms with Crippen molar-refractivity contribution in [3.8, 4) is 5.75 Å². The summed E-state index contributed by atoms with van der Waals surface area (Å²) < 4.78 is 46.1. The number of rotatable bonds is 7. The summed E-state index contributed by atoms with van der Waals surface area (Å²) in [6, 6.07) is 10.9. The first-order chi connectivity index (χ1) is 14.3. The molecule has 2 aromatic carbocycles. The summed E-state index contributed by atoms with van der Waals surface area (Å²) in [6.45, 7) is 1.35. The molecule has 1 aliphatic heterocycles. The number of hydrogen-bond donors (Lipinski definition) is 1. The Balaban J connectivity index is 1.84. The van der Waals surface area contributed by atoms with Gasteiger partial charge in [-0.1, -0.05) is 0 Å². The van der Waals surface area contributed by atoms with Crippen LogP contribution in [0.25, 0.3) is 0 Å². The third kappa shape index (κ3) is 5.28. The molecule has 0 aromatic heterocycles. The van der Waals surface area contributed by atoms with Gasteiger partial charge in [0, 0.05) is 6.04 Å². The molecule has 30 heavy (non-hydrogen) atoms. The first kappa shape index (κ1) is 22.0. The van der Waals surface area contributed by atoms with Crippen LogP contribution in [0.3, 0.4) is 0 Å². The summed E-state index contributed by atoms with van der Waals surface area (Å²) in [5, 5.41) is 2.93. The van der Waals surface area contributed by atoms with Gasteiger partial charge in [-0.15, -0.1) is 0 Å². The van der Waals surface area contributed by atoms with Crippen LogP contribution in [0.15, 0.2) is 53.4 Å². The Labute approximate surface area is 176 Å². The maximum Gasteiger partial charge on any atom is 0.264 e. The molecule has 1 saturated heterocycles. The van der Waals surface area contributed by atoms with Gasteiger partial charge in [-0.05, 0) is 81.5 Å². The molecule has 3 rings (SSSR count). The van der Waals surface area contributed by atoms with E-state index in [0.29, 0.717) is 5.75 Å². The normalized spacial score (nSPS) is 15.6. The van der Waals surface area contributed by atoms with Crippen molar-refractivity contribution < 1.29 is 22.3 Å². The van der Waals surface area contributed by atoms with E-state index in [1.807, 2.05) is 7.05 Å². The molecule has 0 bridgehead atoms. The average molecular weight is 436 g/mol. The molecule has 0 unspecified atom stereocenters. The van der Waals surface area contributed by atoms with Crippen LogP contribution in [0.2, 0.25) is 0 Å². The molecular weight excluding hydrogens is 409 g/mol. The van der Waals surface area contributed by atoms with Crippen molar-refractivity contribution in [3.63, 3.8) is 0 Å². The van der Waals surface area contributed by atoms with Gasteiger partial charge in [0.1, 0.15) is 18.1 Å². The van der Waals surface area contributed by atoms with Crippen molar-refractivity contribution in [2.75, 3.05) is 38.1 Å². The zero-order valence-corrected chi connectivity index (χ0v) is 17.9. The minimum Gasteiger partial charge on any atom is -0.497 e. The minimum absolute atomic E-state index is 0.00691. The van der Waals surface area contributed by atoms with Gasteiger partial charge in [0.2, 0.25) is 5.91 Å². The molecule has 0 radical (unpaired) electrons. The lowest BCUT2D eigenvalue weighted by atomic mass is 10.1. The monoisotopic (exact) mass is 435 g/mol. The maximum absolute atomic E-state index is 13.4. The van der Waals surface area contributed by atoms with Crippen LogP contribution >= 0.6 is 0 Å². The maximum atomic E-state index is 13.4. The van der Waals surface area contributed by atoms with Gasteiger partial charge in [0.15, 0.2) is 0 Å². The molecule has 9 heteroatoms. The van der Waals surface area contributed by atoms with Gasteiger partial charge in [-0.2, -0.15) is 0 Å². The molecule has 0 saturated carbocycles. The zero-order valence-electron chi connectivity index (χ0n) is 17.0. The lowest BCUT2D eigenvalue weighted by Gasteiger charge is -2.30. The predicted octanol–water partition coefficient (Wildman–Crippen LogP) is 2.24. The van der Waals surface area contributed by atoms with Crippen LogP contribution in [-0.2, 0) is 14.8 Å². The standard InChI is InChI=1S/C21H26FN3O4S/c1-24-13-11-17(12-14-24)23-21(26)15-25(18-5-3-16(22)4-6-18)30(27,28)20-9-7-19(29-2)8-10-20/h3-10,17H,11-15H2,1-2H3,(H,23,26). The average Bonchev–Trinajstić information content (AvgIpc) is 2.74. The summed E-state index contributed by atoms with van der Waals surface area (Å²) in [6.07, 6.45) is 1.62. The number of ether oxygens (including phenoxy) is 1. The van der Waals surface area contributed by atoms with Gasteiger partial charge in [0.25, 0.3) is 10.0 Å². The van der Waals surface area contributed by atoms with Crippen molar-refractivity contribution >= 4 is 21.6 Å². The fourth-order valence-corrected chi connectivity index (χ4v) is 4.77. The summed E-state index contributed by atoms with van der Waals surface area (Å²) >= 11 is 0. The van der Waals surface area contributed by atoms with Crippen LogP contribution in [-0.4, -0.2) is 59.1 Å². The molecule has 1 fully saturated rings. The van der Waals surface area contributed by atoms with Gasteiger partial charge < -0.3 is 15.0 Å². The van der Waals surface area contributed by atoms with Crippen LogP contribution in [0.5, 0.6) is 5.75 Å². The Kier molecular flexibility index (Phi) is 6.94. The second-order valence-corrected chi connectivity index (χ2v) is 9.17. The van der Waals surface area contributed by atoms with E-state index >= 15 is 0 Å². The number of carbonyl (C=O) groups excluding carboxylic acids is 1. The number of sulfonamides is 1. The third-order valence-electron chi connectivity index (χ3n) is 5.13. The number of anilines is 1. The molecule has 2 aromatic rings. The number of carbonyl (C=O) groups is 1. The summed E-state index contributed by atoms with van der Waals surface area (Å²) in [5.74, 6) is -0.371. The molecule has 1 heterocycles. The van der Waals surface area contributed by atoms with Gasteiger partial charge >= 0.3 is 0 Å². The second-order valence-electron chi connectivity index (χ2n) is 7.31. The van der Waals surface area contributed by atoms with Gasteiger partial charge in [0.05, 0.1) is 17.7 Å². The van der Waals surface area contributed by atoms with Gasteiger partial charge in [-0.25, -0.2) is 12.8 Å². The van der Waals surface area contributed by atoms with E-state index in [1.54, 1.807) is 0 Å². The highest BCUT2D eigenvalue weighted by molar-refractivity contribution is 7.92. The lowest BCUT2D eigenvalue weighted by Crippen LogP contribution is -2.47. The highest BCUT2D eigenvalue weighted by atomic mass is 32.2. The van der Waals surface area contributed by atoms with Crippen LogP contribution in [0.1, 0.15) is 12.8 Å². The molecule has 0 aliphatic carbocycles. The van der Waals surface area contributed by atoms with E-state index in [2.05, 4.69) is 10.2 Å². The number of halogens is 1. The summed E-state index contributed by atoms with van der Waals surface area (Å²) in [4.78, 5) is 14.9. The molecule has 7 nitrogen and oxygen atoms in total. The Morgan fingerprint density at radius 2 is 1.73 bits per heavy atom. The molecule has 1 N–H and O–H groups in total. The minimum atomic E-state index is -4.05. The van der Waals surface area contributed by atoms with E-state index < -0.39 is 28.3 Å². The SMILES string of the molecule is COc1ccc(S(=O)(=O)N(CC(=O)NC2CCN(C)CC2)c2ccc(F)cc2)cc1. The quantitative estimate of drug-likeness (QED) is 0.722. The van der Waals surface area contributed by atoms with E-state index in [0.717, 1.165) is 30.2 Å². The first-order valence-corrected chi connectivity index (χ1v) is 11.1. The Morgan fingerprint density at radius 3 is 2.30 bits per heavy atom. The zero-order chi connectivity index (χ0) is 21.7. The molecule has 162 valence electrons. The molecule has 0 spiro atoms. The summed E-state index contributed by atoms with van der Waals surface area (Å²) in [5.41, 5.74) is 0.214. The summed E-state index contributed by atoms with van der Waals surface area (Å²) in [7, 11) is -0.539. The third-order valence-corrected chi connectivity index (χ3v) is 6.92. The van der Waals surface area contributed by atoms with Crippen molar-refractivity contribution in [1.29, 1.82) is 0 Å². The van der Waals surface area contributed by atoms with Crippen molar-refractivity contribution in [1.82, 2.24) is 10.2 Å². The smallest absolute Gasteiger partial charge is 0.264 e. The molecule has 1 amide bonds. The number of amides is 1. The molecular formula is C21H26FN3O4S. The number of benzene rings is 2. The Bertz CT molecular complexity index is 957. The lowest BCUT2D eigenvalue weighted by molar-refractivity contribution is -0.120. The number of nitrogens with zero attached hydrogens (tertiary/aromatic N) is 2. The fraction of sp³-hybridized carbons (Fsp3) is 0.381. The van der Waals surface area contributed by atoms with Crippen LogP contribution in [0.4, 0.5) is 10.1 Å². The number of methoxy groups -OCH3 is 1. The largest absolute Gasteiger partial charge is 0.497 e. The van der Waals surface area contributed by atoms with Crippen LogP contribution in [0, 0.1) is 5.82 Å². The van der Waals surface area contributed by atoms with E-state index in [4.69, 9.17) is 4.74 Å². The van der Waals surface area contributed by atoms with Crippen molar-refractivity contribution in [3.05, 3.63) is 54.3 Å². The van der Waals surface area contributed by atoms with Crippen LogP contribution < -0.4 is 14.4 Å². The van der Waals surface area contributed by atoms with Crippen molar-refractivity contribution in [2.45, 2.75) is 23.8 Å². The topological polar surface area (TPSA) is 79.0 Å². The molecule has 1 aliphatic rings. The van der Waals surface area contributed by atoms with Crippen molar-refractivity contribution in [2.24, 2.45) is 0 Å². The Hall–Kier alpha value is -2.65. The fourth-order valence-electron chi connectivity index (χ4n) is 3.35. The number of piperidine rings is 1. The Morgan fingerprint density at radius 1 is 1.13 bits per heavy atom. The highest BCUT2D eigenvalue weighted by Gasteiger charge is 2.28. The predicted molar refractivity (Wildman–Crippen MR) is 113 cm³/mol. The molecule has 0 atom stereocenters. The number of likely N-dealkylation sites (tertiary alicyclic amines) is 1. The second kappa shape index (κ2) is 9.44. The number of hydrogen-bond acceptors (Lipinski definition) is 5. The number of nitrogens with one attached hydrogen (secondary N) is 1. The first-order valence-electron chi connectivity index (χ1n) is 9.70. The highest BCUT2D eigenvalue weighted by Crippen LogP contribution is 2.25. The van der Waals surface area contributed by atoms with E-state index in [1.165, 1.54) is 55.6 Å². The van der Waals surface area contributed by atoms with E-state index in [-0.39, 0.29) is 16.6 Å². The van der Waals surface area contributed by atoms with Gasteiger partial charge in [-0.3, -0.25) is 9.10 Å².